The summed E-state index contributed by atoms with van der Waals surface area (Å²) in [5, 5.41) is 0. The lowest BCUT2D eigenvalue weighted by atomic mass is 10.0. The Bertz CT molecular complexity index is 1070. The molecule has 0 bridgehead atoms. The lowest BCUT2D eigenvalue weighted by molar-refractivity contribution is -0.146. The molecule has 31 heavy (non-hydrogen) atoms. The summed E-state index contributed by atoms with van der Waals surface area (Å²) in [6, 6.07) is 5.03. The molecular weight excluding hydrogens is 420 g/mol. The number of fused-ring (bicyclic) bond motifs is 1. The van der Waals surface area contributed by atoms with Gasteiger partial charge >= 0.3 is 0 Å². The van der Waals surface area contributed by atoms with Crippen molar-refractivity contribution in [3.8, 4) is 0 Å². The van der Waals surface area contributed by atoms with Gasteiger partial charge in [-0.05, 0) is 32.0 Å². The van der Waals surface area contributed by atoms with Crippen LogP contribution in [0.1, 0.15) is 26.1 Å². The normalized spacial score (nSPS) is 20.3. The van der Waals surface area contributed by atoms with E-state index in [0.717, 1.165) is 11.3 Å². The summed E-state index contributed by atoms with van der Waals surface area (Å²) in [5.41, 5.74) is 1.14. The highest BCUT2D eigenvalue weighted by Gasteiger charge is 2.34. The molecule has 1 amide bonds. The highest BCUT2D eigenvalue weighted by molar-refractivity contribution is 7.89. The van der Waals surface area contributed by atoms with Gasteiger partial charge in [-0.2, -0.15) is 4.31 Å². The van der Waals surface area contributed by atoms with Crippen LogP contribution in [0.3, 0.4) is 0 Å². The first-order valence-electron chi connectivity index (χ1n) is 10.6. The highest BCUT2D eigenvalue weighted by atomic mass is 32.2. The number of morpholine rings is 2. The Morgan fingerprint density at radius 3 is 2.55 bits per heavy atom. The fourth-order valence-electron chi connectivity index (χ4n) is 4.22. The number of aryl methyl sites for hydroxylation is 2. The smallest absolute Gasteiger partial charge is 0.243 e. The number of carbonyl (C=O) groups is 1. The third kappa shape index (κ3) is 4.34. The van der Waals surface area contributed by atoms with Crippen molar-refractivity contribution in [2.75, 3.05) is 46.1 Å². The molecule has 2 aromatic rings. The monoisotopic (exact) mass is 450 g/mol. The topological polar surface area (TPSA) is 94.0 Å². The molecule has 3 heterocycles. The molecule has 0 atom stereocenters. The number of imidazole rings is 1. The van der Waals surface area contributed by atoms with Crippen molar-refractivity contribution >= 4 is 27.0 Å². The number of aromatic nitrogens is 2. The molecule has 4 rings (SSSR count). The second-order valence-corrected chi connectivity index (χ2v) is 10.6. The maximum Gasteiger partial charge on any atom is 0.243 e. The fourth-order valence-corrected chi connectivity index (χ4v) is 5.65. The van der Waals surface area contributed by atoms with Crippen LogP contribution >= 0.6 is 0 Å². The fraction of sp³-hybridized carbons (Fsp3) is 0.619. The van der Waals surface area contributed by atoms with E-state index < -0.39 is 10.0 Å². The van der Waals surface area contributed by atoms with Gasteiger partial charge < -0.3 is 18.9 Å². The second kappa shape index (κ2) is 8.50. The Morgan fingerprint density at radius 1 is 1.13 bits per heavy atom. The van der Waals surface area contributed by atoms with E-state index in [-0.39, 0.29) is 16.3 Å². The predicted octanol–water partition coefficient (Wildman–Crippen LogP) is 1.16. The first-order chi connectivity index (χ1) is 14.7. The molecule has 0 aliphatic carbocycles. The predicted molar refractivity (Wildman–Crippen MR) is 115 cm³/mol. The van der Waals surface area contributed by atoms with E-state index in [2.05, 4.69) is 4.98 Å². The molecule has 0 saturated carbocycles. The van der Waals surface area contributed by atoms with Crippen molar-refractivity contribution in [2.45, 2.75) is 37.1 Å². The van der Waals surface area contributed by atoms with E-state index in [1.165, 1.54) is 4.31 Å². The molecule has 0 N–H and O–H groups in total. The van der Waals surface area contributed by atoms with Crippen LogP contribution in [0, 0.1) is 0 Å². The van der Waals surface area contributed by atoms with Crippen LogP contribution in [0.4, 0.5) is 0 Å². The average molecular weight is 451 g/mol. The highest BCUT2D eigenvalue weighted by Crippen LogP contribution is 2.24. The van der Waals surface area contributed by atoms with Gasteiger partial charge in [-0.25, -0.2) is 13.4 Å². The molecule has 170 valence electrons. The molecule has 2 aliphatic rings. The minimum absolute atomic E-state index is 0.0796. The van der Waals surface area contributed by atoms with Gasteiger partial charge in [-0.1, -0.05) is 0 Å². The SMILES string of the molecule is Cn1c(CCC(=O)N2CCOCC2(C)C)nc2cc(S(=O)(=O)N3CCOCC3)ccc21. The Labute approximate surface area is 183 Å². The number of carbonyl (C=O) groups excluding carboxylic acids is 1. The molecule has 1 aromatic carbocycles. The number of benzene rings is 1. The largest absolute Gasteiger partial charge is 0.379 e. The summed E-state index contributed by atoms with van der Waals surface area (Å²) in [5.74, 6) is 0.839. The summed E-state index contributed by atoms with van der Waals surface area (Å²) in [6.45, 7) is 7.23. The minimum Gasteiger partial charge on any atom is -0.379 e. The number of rotatable bonds is 5. The molecule has 2 saturated heterocycles. The summed E-state index contributed by atoms with van der Waals surface area (Å²) >= 11 is 0. The van der Waals surface area contributed by atoms with Gasteiger partial charge in [0.15, 0.2) is 0 Å². The van der Waals surface area contributed by atoms with E-state index in [9.17, 15) is 13.2 Å². The molecule has 2 fully saturated rings. The lowest BCUT2D eigenvalue weighted by Gasteiger charge is -2.42. The lowest BCUT2D eigenvalue weighted by Crippen LogP contribution is -2.55. The maximum atomic E-state index is 12.9. The van der Waals surface area contributed by atoms with E-state index in [4.69, 9.17) is 9.47 Å². The van der Waals surface area contributed by atoms with Crippen LogP contribution in [0.15, 0.2) is 23.1 Å². The molecule has 1 aromatic heterocycles. The molecule has 0 unspecified atom stereocenters. The Balaban J connectivity index is 1.52. The Kier molecular flexibility index (Phi) is 6.08. The van der Waals surface area contributed by atoms with E-state index in [0.29, 0.717) is 64.4 Å². The summed E-state index contributed by atoms with van der Waals surface area (Å²) in [6.07, 6.45) is 0.836. The van der Waals surface area contributed by atoms with Crippen molar-refractivity contribution < 1.29 is 22.7 Å². The molecule has 0 spiro atoms. The third-order valence-corrected chi connectivity index (χ3v) is 7.96. The van der Waals surface area contributed by atoms with Crippen LogP contribution in [0.2, 0.25) is 0 Å². The second-order valence-electron chi connectivity index (χ2n) is 8.66. The molecule has 10 heteroatoms. The van der Waals surface area contributed by atoms with Crippen molar-refractivity contribution in [1.29, 1.82) is 0 Å². The summed E-state index contributed by atoms with van der Waals surface area (Å²) in [4.78, 5) is 19.6. The van der Waals surface area contributed by atoms with Crippen LogP contribution in [-0.4, -0.2) is 84.7 Å². The standard InChI is InChI=1S/C21H30N4O5S/c1-21(2)15-30-13-10-25(21)20(26)7-6-19-22-17-14-16(4-5-18(17)23(19)3)31(27,28)24-8-11-29-12-9-24/h4-5,14H,6-13,15H2,1-3H3. The van der Waals surface area contributed by atoms with Crippen LogP contribution in [0.5, 0.6) is 0 Å². The first-order valence-corrected chi connectivity index (χ1v) is 12.1. The number of hydrogen-bond donors (Lipinski definition) is 0. The van der Waals surface area contributed by atoms with Gasteiger partial charge in [0.2, 0.25) is 15.9 Å². The van der Waals surface area contributed by atoms with Crippen molar-refractivity contribution in [2.24, 2.45) is 7.05 Å². The zero-order valence-corrected chi connectivity index (χ0v) is 19.2. The molecule has 9 nitrogen and oxygen atoms in total. The van der Waals surface area contributed by atoms with E-state index in [1.807, 2.05) is 30.4 Å². The van der Waals surface area contributed by atoms with Crippen molar-refractivity contribution in [3.05, 3.63) is 24.0 Å². The van der Waals surface area contributed by atoms with Gasteiger partial charge in [-0.3, -0.25) is 4.79 Å². The van der Waals surface area contributed by atoms with Gasteiger partial charge in [0.25, 0.3) is 0 Å². The molecular formula is C21H30N4O5S. The average Bonchev–Trinajstić information content (AvgIpc) is 3.07. The van der Waals surface area contributed by atoms with Crippen molar-refractivity contribution in [1.82, 2.24) is 18.8 Å². The Morgan fingerprint density at radius 2 is 1.84 bits per heavy atom. The molecule has 2 aliphatic heterocycles. The number of sulfonamides is 1. The third-order valence-electron chi connectivity index (χ3n) is 6.06. The quantitative estimate of drug-likeness (QED) is 0.679. The number of amides is 1. The van der Waals surface area contributed by atoms with Crippen LogP contribution < -0.4 is 0 Å². The zero-order chi connectivity index (χ0) is 22.2. The van der Waals surface area contributed by atoms with Gasteiger partial charge in [0, 0.05) is 39.5 Å². The zero-order valence-electron chi connectivity index (χ0n) is 18.3. The van der Waals surface area contributed by atoms with Gasteiger partial charge in [-0.15, -0.1) is 0 Å². The van der Waals surface area contributed by atoms with E-state index in [1.54, 1.807) is 18.2 Å². The Hall–Kier alpha value is -2.01. The van der Waals surface area contributed by atoms with Gasteiger partial charge in [0.1, 0.15) is 5.82 Å². The number of nitrogens with zero attached hydrogens (tertiary/aromatic N) is 4. The van der Waals surface area contributed by atoms with E-state index >= 15 is 0 Å². The summed E-state index contributed by atoms with van der Waals surface area (Å²) < 4.78 is 40.0. The van der Waals surface area contributed by atoms with Gasteiger partial charge in [0.05, 0.1) is 47.9 Å². The van der Waals surface area contributed by atoms with Crippen molar-refractivity contribution in [3.63, 3.8) is 0 Å². The molecule has 0 radical (unpaired) electrons. The first kappa shape index (κ1) is 22.2. The number of ether oxygens (including phenoxy) is 2. The summed E-state index contributed by atoms with van der Waals surface area (Å²) in [7, 11) is -1.69. The minimum atomic E-state index is -3.58. The van der Waals surface area contributed by atoms with Crippen LogP contribution in [0.25, 0.3) is 11.0 Å². The number of hydrogen-bond acceptors (Lipinski definition) is 6. The maximum absolute atomic E-state index is 12.9. The van der Waals surface area contributed by atoms with Crippen LogP contribution in [-0.2, 0) is 37.8 Å².